The maximum absolute atomic E-state index is 13.2. The minimum Gasteiger partial charge on any atom is -0.384 e. The van der Waals surface area contributed by atoms with E-state index in [9.17, 15) is 4.79 Å². The van der Waals surface area contributed by atoms with Gasteiger partial charge in [0.05, 0.1) is 12.0 Å². The lowest BCUT2D eigenvalue weighted by molar-refractivity contribution is -0.148. The minimum atomic E-state index is -0.260. The second-order valence-electron chi connectivity index (χ2n) is 7.06. The van der Waals surface area contributed by atoms with E-state index in [0.717, 1.165) is 50.9 Å². The largest absolute Gasteiger partial charge is 0.384 e. The summed E-state index contributed by atoms with van der Waals surface area (Å²) >= 11 is 0. The van der Waals surface area contributed by atoms with Gasteiger partial charge in [-0.2, -0.15) is 0 Å². The summed E-state index contributed by atoms with van der Waals surface area (Å²) in [5, 5.41) is 3.37. The number of carbonyl (C=O) groups excluding carboxylic acids is 1. The first-order chi connectivity index (χ1) is 9.73. The fraction of sp³-hybridized carbons (Fsp3) is 0.938. The highest BCUT2D eigenvalue weighted by molar-refractivity contribution is 5.83. The molecule has 1 saturated heterocycles. The van der Waals surface area contributed by atoms with Crippen molar-refractivity contribution in [3.8, 4) is 0 Å². The average Bonchev–Trinajstić information content (AvgIpc) is 3.34. The Morgan fingerprint density at radius 3 is 2.15 bits per heavy atom. The van der Waals surface area contributed by atoms with E-state index in [0.29, 0.717) is 12.5 Å². The number of hydrogen-bond acceptors (Lipinski definition) is 3. The normalized spacial score (nSPS) is 25.4. The van der Waals surface area contributed by atoms with E-state index >= 15 is 0 Å². The third-order valence-corrected chi connectivity index (χ3v) is 5.07. The van der Waals surface area contributed by atoms with Gasteiger partial charge in [0.2, 0.25) is 5.91 Å². The molecule has 3 aliphatic rings. The van der Waals surface area contributed by atoms with E-state index in [1.807, 2.05) is 0 Å². The number of carbonyl (C=O) groups is 1. The predicted molar refractivity (Wildman–Crippen MR) is 78.4 cm³/mol. The van der Waals surface area contributed by atoms with Gasteiger partial charge in [0.15, 0.2) is 0 Å². The van der Waals surface area contributed by atoms with Crippen LogP contribution in [0.4, 0.5) is 0 Å². The molecule has 0 atom stereocenters. The Morgan fingerprint density at radius 1 is 1.15 bits per heavy atom. The van der Waals surface area contributed by atoms with E-state index in [1.165, 1.54) is 25.7 Å². The monoisotopic (exact) mass is 280 g/mol. The first-order valence-corrected chi connectivity index (χ1v) is 8.22. The lowest BCUT2D eigenvalue weighted by atomic mass is 9.78. The van der Waals surface area contributed by atoms with Crippen molar-refractivity contribution in [1.29, 1.82) is 0 Å². The van der Waals surface area contributed by atoms with Crippen molar-refractivity contribution in [1.82, 2.24) is 10.2 Å². The number of ether oxygens (including phenoxy) is 1. The molecule has 3 rings (SSSR count). The Hall–Kier alpha value is -0.610. The zero-order chi connectivity index (χ0) is 14.0. The highest BCUT2D eigenvalue weighted by Gasteiger charge is 2.44. The molecule has 2 aliphatic carbocycles. The summed E-state index contributed by atoms with van der Waals surface area (Å²) in [6, 6.07) is 0. The molecule has 0 bridgehead atoms. The predicted octanol–water partition coefficient (Wildman–Crippen LogP) is 1.65. The van der Waals surface area contributed by atoms with Crippen LogP contribution in [-0.4, -0.2) is 50.7 Å². The molecule has 20 heavy (non-hydrogen) atoms. The summed E-state index contributed by atoms with van der Waals surface area (Å²) in [4.78, 5) is 15.3. The van der Waals surface area contributed by atoms with Gasteiger partial charge in [-0.3, -0.25) is 4.79 Å². The van der Waals surface area contributed by atoms with Gasteiger partial charge in [-0.15, -0.1) is 0 Å². The fourth-order valence-electron chi connectivity index (χ4n) is 3.40. The molecule has 4 nitrogen and oxygen atoms in total. The third kappa shape index (κ3) is 3.34. The number of amides is 1. The molecular formula is C16H28N2O2. The molecule has 1 amide bonds. The molecule has 0 spiro atoms. The van der Waals surface area contributed by atoms with Gasteiger partial charge in [0.1, 0.15) is 0 Å². The van der Waals surface area contributed by atoms with Crippen LogP contribution in [-0.2, 0) is 9.53 Å². The molecule has 3 fully saturated rings. The third-order valence-electron chi connectivity index (χ3n) is 5.07. The number of nitrogens with one attached hydrogen (secondary N) is 1. The Morgan fingerprint density at radius 2 is 1.70 bits per heavy atom. The SMILES string of the molecule is COCC1(C(=O)N(CC2CC2)CC2CC2)CCNCC1. The quantitative estimate of drug-likeness (QED) is 0.771. The summed E-state index contributed by atoms with van der Waals surface area (Å²) < 4.78 is 5.42. The van der Waals surface area contributed by atoms with E-state index in [1.54, 1.807) is 7.11 Å². The van der Waals surface area contributed by atoms with Gasteiger partial charge in [0.25, 0.3) is 0 Å². The van der Waals surface area contributed by atoms with Crippen LogP contribution in [0.1, 0.15) is 38.5 Å². The Balaban J connectivity index is 1.69. The number of nitrogens with zero attached hydrogens (tertiary/aromatic N) is 1. The van der Waals surface area contributed by atoms with Crippen molar-refractivity contribution in [2.75, 3.05) is 39.9 Å². The molecule has 0 aromatic rings. The first-order valence-electron chi connectivity index (χ1n) is 8.22. The highest BCUT2D eigenvalue weighted by Crippen LogP contribution is 2.38. The topological polar surface area (TPSA) is 41.6 Å². The van der Waals surface area contributed by atoms with Crippen molar-refractivity contribution in [3.63, 3.8) is 0 Å². The number of piperidine rings is 1. The summed E-state index contributed by atoms with van der Waals surface area (Å²) in [5.74, 6) is 1.93. The lowest BCUT2D eigenvalue weighted by Gasteiger charge is -2.39. The highest BCUT2D eigenvalue weighted by atomic mass is 16.5. The standard InChI is InChI=1S/C16H28N2O2/c1-20-12-16(6-8-17-9-7-16)15(19)18(10-13-2-3-13)11-14-4-5-14/h13-14,17H,2-12H2,1H3. The average molecular weight is 280 g/mol. The molecule has 0 aromatic carbocycles. The molecule has 0 aromatic heterocycles. The van der Waals surface area contributed by atoms with Gasteiger partial charge in [-0.05, 0) is 63.5 Å². The number of hydrogen-bond donors (Lipinski definition) is 1. The Labute approximate surface area is 122 Å². The van der Waals surface area contributed by atoms with Crippen molar-refractivity contribution in [3.05, 3.63) is 0 Å². The number of rotatable bonds is 7. The molecular weight excluding hydrogens is 252 g/mol. The first kappa shape index (κ1) is 14.3. The van der Waals surface area contributed by atoms with Crippen LogP contribution in [0, 0.1) is 17.3 Å². The molecule has 0 unspecified atom stereocenters. The molecule has 1 N–H and O–H groups in total. The van der Waals surface area contributed by atoms with Crippen LogP contribution in [0.5, 0.6) is 0 Å². The molecule has 114 valence electrons. The van der Waals surface area contributed by atoms with E-state index in [4.69, 9.17) is 4.74 Å². The zero-order valence-corrected chi connectivity index (χ0v) is 12.7. The molecule has 2 saturated carbocycles. The van der Waals surface area contributed by atoms with E-state index in [2.05, 4.69) is 10.2 Å². The minimum absolute atomic E-state index is 0.260. The Bertz CT molecular complexity index is 325. The number of methoxy groups -OCH3 is 1. The lowest BCUT2D eigenvalue weighted by Crippen LogP contribution is -2.52. The maximum Gasteiger partial charge on any atom is 0.231 e. The molecule has 4 heteroatoms. The molecule has 1 heterocycles. The zero-order valence-electron chi connectivity index (χ0n) is 12.7. The van der Waals surface area contributed by atoms with Crippen LogP contribution in [0.3, 0.4) is 0 Å². The summed E-state index contributed by atoms with van der Waals surface area (Å²) in [6.07, 6.45) is 7.10. The van der Waals surface area contributed by atoms with Crippen LogP contribution in [0.15, 0.2) is 0 Å². The van der Waals surface area contributed by atoms with Crippen LogP contribution >= 0.6 is 0 Å². The van der Waals surface area contributed by atoms with Crippen molar-refractivity contribution >= 4 is 5.91 Å². The van der Waals surface area contributed by atoms with Crippen molar-refractivity contribution in [2.45, 2.75) is 38.5 Å². The fourth-order valence-corrected chi connectivity index (χ4v) is 3.40. The van der Waals surface area contributed by atoms with Gasteiger partial charge in [-0.1, -0.05) is 0 Å². The van der Waals surface area contributed by atoms with Crippen LogP contribution in [0.25, 0.3) is 0 Å². The van der Waals surface area contributed by atoms with Gasteiger partial charge >= 0.3 is 0 Å². The molecule has 0 radical (unpaired) electrons. The van der Waals surface area contributed by atoms with Gasteiger partial charge in [-0.25, -0.2) is 0 Å². The van der Waals surface area contributed by atoms with E-state index in [-0.39, 0.29) is 5.41 Å². The van der Waals surface area contributed by atoms with Crippen molar-refractivity contribution in [2.24, 2.45) is 17.3 Å². The Kier molecular flexibility index (Phi) is 4.32. The second-order valence-corrected chi connectivity index (χ2v) is 7.06. The van der Waals surface area contributed by atoms with Crippen molar-refractivity contribution < 1.29 is 9.53 Å². The maximum atomic E-state index is 13.2. The van der Waals surface area contributed by atoms with Crippen LogP contribution < -0.4 is 5.32 Å². The summed E-state index contributed by atoms with van der Waals surface area (Å²) in [6.45, 7) is 4.45. The second kappa shape index (κ2) is 6.02. The van der Waals surface area contributed by atoms with Crippen LogP contribution in [0.2, 0.25) is 0 Å². The summed E-state index contributed by atoms with van der Waals surface area (Å²) in [5.41, 5.74) is -0.260. The smallest absolute Gasteiger partial charge is 0.231 e. The van der Waals surface area contributed by atoms with Gasteiger partial charge in [0, 0.05) is 20.2 Å². The summed E-state index contributed by atoms with van der Waals surface area (Å²) in [7, 11) is 1.73. The van der Waals surface area contributed by atoms with E-state index < -0.39 is 0 Å². The molecule has 1 aliphatic heterocycles. The van der Waals surface area contributed by atoms with Gasteiger partial charge < -0.3 is 15.0 Å².